The third-order valence-corrected chi connectivity index (χ3v) is 0.566. The zero-order valence-electron chi connectivity index (χ0n) is 5.67. The molecule has 0 radical (unpaired) electrons. The summed E-state index contributed by atoms with van der Waals surface area (Å²) < 4.78 is 0. The van der Waals surface area contributed by atoms with Gasteiger partial charge < -0.3 is 0 Å². The molecule has 0 unspecified atom stereocenters. The Balaban J connectivity index is 0.000000180. The summed E-state index contributed by atoms with van der Waals surface area (Å²) in [5.74, 6) is 0. The van der Waals surface area contributed by atoms with E-state index in [2.05, 4.69) is 4.98 Å². The Labute approximate surface area is 71.0 Å². The molecule has 10 heavy (non-hydrogen) atoms. The molecule has 0 N–H and O–H groups in total. The molecule has 3 heteroatoms. The molecule has 1 aromatic rings. The lowest BCUT2D eigenvalue weighted by atomic mass is 10.5. The highest BCUT2D eigenvalue weighted by molar-refractivity contribution is 6.43. The first-order valence-electron chi connectivity index (χ1n) is 2.86. The summed E-state index contributed by atoms with van der Waals surface area (Å²) in [4.78, 5) is 3.56. The maximum Gasteiger partial charge on any atom is 0.105 e. The number of hydrogen-bond donors (Lipinski definition) is 0. The molecular formula is C7H9Cl2N. The largest absolute Gasteiger partial charge is 0.265 e. The van der Waals surface area contributed by atoms with Gasteiger partial charge in [-0.15, -0.1) is 23.2 Å². The zero-order valence-corrected chi connectivity index (χ0v) is 7.18. The lowest BCUT2D eigenvalue weighted by Gasteiger charge is -1.72. The number of pyridine rings is 1. The summed E-state index contributed by atoms with van der Waals surface area (Å²) in [6.45, 7) is 1.70. The van der Waals surface area contributed by atoms with E-state index in [0.29, 0.717) is 0 Å². The Hall–Kier alpha value is -0.270. The lowest BCUT2D eigenvalue weighted by Crippen LogP contribution is -1.63. The highest BCUT2D eigenvalue weighted by Crippen LogP contribution is 1.95. The van der Waals surface area contributed by atoms with Gasteiger partial charge in [-0.3, -0.25) is 4.98 Å². The van der Waals surface area contributed by atoms with Crippen molar-refractivity contribution in [1.82, 2.24) is 4.98 Å². The molecule has 0 saturated carbocycles. The molecule has 1 rings (SSSR count). The maximum atomic E-state index is 5.04. The van der Waals surface area contributed by atoms with Crippen molar-refractivity contribution in [3.63, 3.8) is 0 Å². The molecule has 1 nitrogen and oxygen atoms in total. The van der Waals surface area contributed by atoms with Gasteiger partial charge in [0.15, 0.2) is 0 Å². The van der Waals surface area contributed by atoms with Gasteiger partial charge in [0.05, 0.1) is 0 Å². The minimum absolute atomic E-state index is 0.222. The molecule has 0 saturated heterocycles. The van der Waals surface area contributed by atoms with Crippen molar-refractivity contribution in [2.45, 2.75) is 11.8 Å². The van der Waals surface area contributed by atoms with Gasteiger partial charge in [-0.25, -0.2) is 0 Å². The van der Waals surface area contributed by atoms with Crippen molar-refractivity contribution in [2.75, 3.05) is 0 Å². The van der Waals surface area contributed by atoms with Gasteiger partial charge in [-0.1, -0.05) is 6.07 Å². The first kappa shape index (κ1) is 9.73. The van der Waals surface area contributed by atoms with Crippen LogP contribution in [0.2, 0.25) is 0 Å². The molecule has 1 aromatic heterocycles. The van der Waals surface area contributed by atoms with Gasteiger partial charge >= 0.3 is 0 Å². The van der Waals surface area contributed by atoms with Gasteiger partial charge in [0.1, 0.15) is 4.84 Å². The zero-order chi connectivity index (χ0) is 7.82. The second-order valence-electron chi connectivity index (χ2n) is 1.54. The van der Waals surface area contributed by atoms with Crippen molar-refractivity contribution in [1.29, 1.82) is 0 Å². The Bertz CT molecular complexity index is 112. The fourth-order valence-electron chi connectivity index (χ4n) is 0.313. The van der Waals surface area contributed by atoms with Crippen LogP contribution in [-0.2, 0) is 0 Å². The summed E-state index contributed by atoms with van der Waals surface area (Å²) in [5, 5.41) is 0. The molecule has 0 amide bonds. The summed E-state index contributed by atoms with van der Waals surface area (Å²) >= 11 is 10.1. The Morgan fingerprint density at radius 1 is 1.10 bits per heavy atom. The Morgan fingerprint density at radius 3 is 1.60 bits per heavy atom. The van der Waals surface area contributed by atoms with Crippen LogP contribution >= 0.6 is 23.2 Å². The van der Waals surface area contributed by atoms with Crippen LogP contribution in [0.15, 0.2) is 30.6 Å². The first-order valence-corrected chi connectivity index (χ1v) is 3.74. The Morgan fingerprint density at radius 2 is 1.50 bits per heavy atom. The van der Waals surface area contributed by atoms with Crippen LogP contribution in [0.25, 0.3) is 0 Å². The second kappa shape index (κ2) is 6.84. The summed E-state index contributed by atoms with van der Waals surface area (Å²) in [6, 6.07) is 5.72. The average Bonchev–Trinajstić information content (AvgIpc) is 1.90. The van der Waals surface area contributed by atoms with E-state index in [1.165, 1.54) is 0 Å². The van der Waals surface area contributed by atoms with Crippen LogP contribution in [0.5, 0.6) is 0 Å². The average molecular weight is 178 g/mol. The van der Waals surface area contributed by atoms with E-state index in [-0.39, 0.29) is 4.84 Å². The van der Waals surface area contributed by atoms with Crippen molar-refractivity contribution in [3.8, 4) is 0 Å². The minimum Gasteiger partial charge on any atom is -0.265 e. The van der Waals surface area contributed by atoms with E-state index >= 15 is 0 Å². The molecule has 0 spiro atoms. The van der Waals surface area contributed by atoms with E-state index in [4.69, 9.17) is 23.2 Å². The van der Waals surface area contributed by atoms with Crippen molar-refractivity contribution >= 4 is 23.2 Å². The van der Waals surface area contributed by atoms with Gasteiger partial charge in [0, 0.05) is 12.4 Å². The highest BCUT2D eigenvalue weighted by atomic mass is 35.5. The third kappa shape index (κ3) is 10.7. The van der Waals surface area contributed by atoms with E-state index in [9.17, 15) is 0 Å². The smallest absolute Gasteiger partial charge is 0.105 e. The molecule has 1 heterocycles. The van der Waals surface area contributed by atoms with Crippen molar-refractivity contribution < 1.29 is 0 Å². The minimum atomic E-state index is -0.222. The second-order valence-corrected chi connectivity index (χ2v) is 3.08. The topological polar surface area (TPSA) is 12.9 Å². The summed E-state index contributed by atoms with van der Waals surface area (Å²) in [6.07, 6.45) is 3.50. The van der Waals surface area contributed by atoms with Gasteiger partial charge in [-0.2, -0.15) is 0 Å². The van der Waals surface area contributed by atoms with Crippen LogP contribution in [0.4, 0.5) is 0 Å². The Kier molecular flexibility index (Phi) is 6.66. The quantitative estimate of drug-likeness (QED) is 0.556. The molecule has 0 fully saturated rings. The fraction of sp³-hybridized carbons (Fsp3) is 0.286. The predicted molar refractivity (Wildman–Crippen MR) is 45.4 cm³/mol. The van der Waals surface area contributed by atoms with Crippen LogP contribution in [0.1, 0.15) is 6.92 Å². The van der Waals surface area contributed by atoms with Crippen LogP contribution in [-0.4, -0.2) is 9.82 Å². The molecule has 0 atom stereocenters. The molecule has 0 bridgehead atoms. The monoisotopic (exact) mass is 177 g/mol. The number of rotatable bonds is 0. The van der Waals surface area contributed by atoms with E-state index < -0.39 is 0 Å². The molecule has 0 aromatic carbocycles. The highest BCUT2D eigenvalue weighted by Gasteiger charge is 1.75. The number of alkyl halides is 2. The first-order chi connectivity index (χ1) is 4.73. The van der Waals surface area contributed by atoms with E-state index in [0.717, 1.165) is 0 Å². The van der Waals surface area contributed by atoms with Gasteiger partial charge in [0.2, 0.25) is 0 Å². The molecule has 0 aliphatic carbocycles. The normalized spacial score (nSPS) is 8.40. The van der Waals surface area contributed by atoms with Crippen LogP contribution in [0, 0.1) is 0 Å². The molecule has 0 aliphatic heterocycles. The lowest BCUT2D eigenvalue weighted by molar-refractivity contribution is 1.33. The molecule has 56 valence electrons. The van der Waals surface area contributed by atoms with E-state index in [1.54, 1.807) is 19.3 Å². The van der Waals surface area contributed by atoms with Crippen molar-refractivity contribution in [3.05, 3.63) is 30.6 Å². The third-order valence-electron chi connectivity index (χ3n) is 0.566. The summed E-state index contributed by atoms with van der Waals surface area (Å²) in [7, 11) is 0. The number of halogens is 2. The van der Waals surface area contributed by atoms with Gasteiger partial charge in [-0.05, 0) is 19.1 Å². The number of aromatic nitrogens is 1. The number of nitrogens with zero attached hydrogens (tertiary/aromatic N) is 1. The van der Waals surface area contributed by atoms with Crippen molar-refractivity contribution in [2.24, 2.45) is 0 Å². The summed E-state index contributed by atoms with van der Waals surface area (Å²) in [5.41, 5.74) is 0. The number of hydrogen-bond acceptors (Lipinski definition) is 1. The van der Waals surface area contributed by atoms with E-state index in [1.807, 2.05) is 18.2 Å². The maximum absolute atomic E-state index is 5.04. The predicted octanol–water partition coefficient (Wildman–Crippen LogP) is 2.89. The molecule has 0 aliphatic rings. The SMILES string of the molecule is CC(Cl)Cl.c1ccncc1. The fourth-order valence-corrected chi connectivity index (χ4v) is 0.313. The van der Waals surface area contributed by atoms with Crippen LogP contribution in [0.3, 0.4) is 0 Å². The molecular weight excluding hydrogens is 169 g/mol. The standard InChI is InChI=1S/C5H5N.C2H4Cl2/c1-2-4-6-5-3-1;1-2(3)4/h1-5H;2H,1H3. The van der Waals surface area contributed by atoms with Gasteiger partial charge in [0.25, 0.3) is 0 Å². The van der Waals surface area contributed by atoms with Crippen LogP contribution < -0.4 is 0 Å².